The third-order valence-electron chi connectivity index (χ3n) is 4.40. The number of carbonyl (C=O) groups excluding carboxylic acids is 1. The van der Waals surface area contributed by atoms with Gasteiger partial charge in [0.05, 0.1) is 5.69 Å². The van der Waals surface area contributed by atoms with E-state index in [0.717, 1.165) is 16.8 Å². The minimum atomic E-state index is -1.10. The molecule has 2 rings (SSSR count). The summed E-state index contributed by atoms with van der Waals surface area (Å²) in [6.45, 7) is 9.68. The van der Waals surface area contributed by atoms with Crippen LogP contribution in [0, 0.1) is 13.8 Å². The summed E-state index contributed by atoms with van der Waals surface area (Å²) in [5.74, 6) is 0.351. The Labute approximate surface area is 155 Å². The van der Waals surface area contributed by atoms with E-state index >= 15 is 0 Å². The predicted molar refractivity (Wildman–Crippen MR) is 103 cm³/mol. The molecule has 2 unspecified atom stereocenters. The second-order valence-electron chi connectivity index (χ2n) is 6.57. The molecule has 6 heteroatoms. The van der Waals surface area contributed by atoms with Crippen LogP contribution in [0.3, 0.4) is 0 Å². The number of benzene rings is 1. The average Bonchev–Trinajstić information content (AvgIpc) is 2.53. The summed E-state index contributed by atoms with van der Waals surface area (Å²) >= 11 is 0. The molecule has 0 spiro atoms. The molecule has 142 valence electrons. The largest absolute Gasteiger partial charge is 0.374 e. The number of aliphatic hydroxyl groups excluding tert-OH is 2. The predicted octanol–water partition coefficient (Wildman–Crippen LogP) is 2.35. The second-order valence-corrected chi connectivity index (χ2v) is 6.57. The minimum Gasteiger partial charge on any atom is -0.374 e. The third-order valence-corrected chi connectivity index (χ3v) is 4.40. The standard InChI is InChI=1S/C20H29N3O3/c1-6-8-9-22-19(17(7-2)18(25)21-20(22)26)23(15(5)24)16-11-13(3)10-14(4)12-16/h6,8,10-12,18,20-21,25-26H,7,9H2,1-5H3/b8-6+. The minimum absolute atomic E-state index is 0.178. The summed E-state index contributed by atoms with van der Waals surface area (Å²) < 4.78 is 0. The Bertz CT molecular complexity index is 707. The zero-order valence-electron chi connectivity index (χ0n) is 16.2. The summed E-state index contributed by atoms with van der Waals surface area (Å²) in [5.41, 5.74) is 3.47. The number of aryl methyl sites for hydroxylation is 2. The van der Waals surface area contributed by atoms with Crippen molar-refractivity contribution in [2.45, 2.75) is 53.6 Å². The molecule has 1 amide bonds. The summed E-state index contributed by atoms with van der Waals surface area (Å²) in [5, 5.41) is 23.7. The molecule has 0 aliphatic carbocycles. The number of hydrogen-bond acceptors (Lipinski definition) is 5. The summed E-state index contributed by atoms with van der Waals surface area (Å²) in [6.07, 6.45) is 2.21. The Kier molecular flexibility index (Phi) is 6.58. The quantitative estimate of drug-likeness (QED) is 0.704. The SMILES string of the molecule is C/C=C/CN1C(N(C(C)=O)c2cc(C)cc(C)c2)=C(CC)C(O)NC1O. The first kappa shape index (κ1) is 20.2. The van der Waals surface area contributed by atoms with Crippen LogP contribution in [0.2, 0.25) is 0 Å². The van der Waals surface area contributed by atoms with Gasteiger partial charge < -0.3 is 15.1 Å². The summed E-state index contributed by atoms with van der Waals surface area (Å²) in [7, 11) is 0. The Balaban J connectivity index is 2.68. The lowest BCUT2D eigenvalue weighted by atomic mass is 10.1. The van der Waals surface area contributed by atoms with Crippen LogP contribution < -0.4 is 10.2 Å². The van der Waals surface area contributed by atoms with Gasteiger partial charge in [-0.3, -0.25) is 9.69 Å². The van der Waals surface area contributed by atoms with Gasteiger partial charge in [0.2, 0.25) is 5.91 Å². The smallest absolute Gasteiger partial charge is 0.229 e. The molecule has 1 aliphatic heterocycles. The first-order valence-corrected chi connectivity index (χ1v) is 8.92. The van der Waals surface area contributed by atoms with E-state index in [1.165, 1.54) is 6.92 Å². The van der Waals surface area contributed by atoms with Crippen LogP contribution >= 0.6 is 0 Å². The normalized spacial score (nSPS) is 20.8. The van der Waals surface area contributed by atoms with Crippen molar-refractivity contribution in [2.75, 3.05) is 11.4 Å². The highest BCUT2D eigenvalue weighted by molar-refractivity contribution is 5.95. The van der Waals surface area contributed by atoms with E-state index < -0.39 is 12.6 Å². The van der Waals surface area contributed by atoms with Gasteiger partial charge in [-0.05, 0) is 50.5 Å². The number of nitrogens with one attached hydrogen (secondary N) is 1. The van der Waals surface area contributed by atoms with Gasteiger partial charge in [0.15, 0.2) is 6.35 Å². The molecule has 1 heterocycles. The van der Waals surface area contributed by atoms with Crippen molar-refractivity contribution in [3.63, 3.8) is 0 Å². The van der Waals surface area contributed by atoms with E-state index in [9.17, 15) is 15.0 Å². The fraction of sp³-hybridized carbons (Fsp3) is 0.450. The lowest BCUT2D eigenvalue weighted by Gasteiger charge is -2.43. The van der Waals surface area contributed by atoms with Gasteiger partial charge in [-0.1, -0.05) is 25.1 Å². The maximum Gasteiger partial charge on any atom is 0.229 e. The summed E-state index contributed by atoms with van der Waals surface area (Å²) in [4.78, 5) is 15.9. The number of rotatable bonds is 5. The number of amides is 1. The highest BCUT2D eigenvalue weighted by Crippen LogP contribution is 2.31. The zero-order chi connectivity index (χ0) is 19.4. The Morgan fingerprint density at radius 2 is 1.88 bits per heavy atom. The van der Waals surface area contributed by atoms with E-state index in [1.54, 1.807) is 9.80 Å². The molecule has 0 saturated heterocycles. The number of aliphatic hydroxyl groups is 2. The van der Waals surface area contributed by atoms with Gasteiger partial charge in [0.1, 0.15) is 12.0 Å². The van der Waals surface area contributed by atoms with Crippen molar-refractivity contribution < 1.29 is 15.0 Å². The molecule has 1 aliphatic rings. The van der Waals surface area contributed by atoms with Crippen molar-refractivity contribution in [3.8, 4) is 0 Å². The molecule has 0 aromatic heterocycles. The second kappa shape index (κ2) is 8.49. The lowest BCUT2D eigenvalue weighted by molar-refractivity contribution is -0.117. The van der Waals surface area contributed by atoms with Gasteiger partial charge in [0.25, 0.3) is 0 Å². The van der Waals surface area contributed by atoms with Crippen molar-refractivity contribution in [3.05, 3.63) is 52.9 Å². The molecular formula is C20H29N3O3. The van der Waals surface area contributed by atoms with E-state index in [-0.39, 0.29) is 5.91 Å². The number of carbonyl (C=O) groups is 1. The maximum absolute atomic E-state index is 12.6. The van der Waals surface area contributed by atoms with Gasteiger partial charge in [-0.15, -0.1) is 0 Å². The molecular weight excluding hydrogens is 330 g/mol. The molecule has 1 aromatic rings. The number of anilines is 1. The number of nitrogens with zero attached hydrogens (tertiary/aromatic N) is 2. The Hall–Kier alpha value is -2.15. The van der Waals surface area contributed by atoms with Gasteiger partial charge >= 0.3 is 0 Å². The van der Waals surface area contributed by atoms with Crippen LogP contribution in [0.15, 0.2) is 41.7 Å². The molecule has 1 aromatic carbocycles. The van der Waals surface area contributed by atoms with Crippen molar-refractivity contribution in [1.29, 1.82) is 0 Å². The molecule has 3 N–H and O–H groups in total. The first-order valence-electron chi connectivity index (χ1n) is 8.92. The van der Waals surface area contributed by atoms with E-state index in [0.29, 0.717) is 24.4 Å². The molecule has 0 saturated carbocycles. The molecule has 6 nitrogen and oxygen atoms in total. The zero-order valence-corrected chi connectivity index (χ0v) is 16.2. The fourth-order valence-electron chi connectivity index (χ4n) is 3.32. The van der Waals surface area contributed by atoms with Crippen molar-refractivity contribution >= 4 is 11.6 Å². The van der Waals surface area contributed by atoms with Crippen LogP contribution in [-0.2, 0) is 4.79 Å². The maximum atomic E-state index is 12.6. The first-order chi connectivity index (χ1) is 12.3. The van der Waals surface area contributed by atoms with Crippen LogP contribution in [0.1, 0.15) is 38.3 Å². The molecule has 0 fully saturated rings. The topological polar surface area (TPSA) is 76.0 Å². The monoisotopic (exact) mass is 359 g/mol. The Morgan fingerprint density at radius 1 is 1.27 bits per heavy atom. The molecule has 0 bridgehead atoms. The molecule has 26 heavy (non-hydrogen) atoms. The van der Waals surface area contributed by atoms with Crippen molar-refractivity contribution in [2.24, 2.45) is 0 Å². The highest BCUT2D eigenvalue weighted by atomic mass is 16.3. The van der Waals surface area contributed by atoms with E-state index in [4.69, 9.17) is 0 Å². The van der Waals surface area contributed by atoms with Crippen LogP contribution in [0.4, 0.5) is 5.69 Å². The van der Waals surface area contributed by atoms with Crippen LogP contribution in [0.5, 0.6) is 0 Å². The van der Waals surface area contributed by atoms with Crippen LogP contribution in [0.25, 0.3) is 0 Å². The van der Waals surface area contributed by atoms with Gasteiger partial charge in [0, 0.05) is 19.0 Å². The van der Waals surface area contributed by atoms with Gasteiger partial charge in [-0.2, -0.15) is 0 Å². The lowest BCUT2D eigenvalue weighted by Crippen LogP contribution is -2.58. The molecule has 0 radical (unpaired) electrons. The Morgan fingerprint density at radius 3 is 2.38 bits per heavy atom. The number of allylic oxidation sites excluding steroid dienone is 1. The van der Waals surface area contributed by atoms with E-state index in [2.05, 4.69) is 5.32 Å². The van der Waals surface area contributed by atoms with Crippen molar-refractivity contribution in [1.82, 2.24) is 10.2 Å². The van der Waals surface area contributed by atoms with Crippen LogP contribution in [-0.4, -0.2) is 40.1 Å². The summed E-state index contributed by atoms with van der Waals surface area (Å²) in [6, 6.07) is 5.91. The molecule has 2 atom stereocenters. The highest BCUT2D eigenvalue weighted by Gasteiger charge is 2.35. The fourth-order valence-corrected chi connectivity index (χ4v) is 3.32. The van der Waals surface area contributed by atoms with E-state index in [1.807, 2.05) is 58.0 Å². The van der Waals surface area contributed by atoms with Gasteiger partial charge in [-0.25, -0.2) is 5.32 Å². The number of hydrogen-bond donors (Lipinski definition) is 3. The third kappa shape index (κ3) is 4.15. The average molecular weight is 359 g/mol.